The monoisotopic (exact) mass is 283 g/mol. The molecule has 0 spiro atoms. The van der Waals surface area contributed by atoms with Crippen molar-refractivity contribution in [1.29, 1.82) is 0 Å². The molecule has 1 aromatic rings. The summed E-state index contributed by atoms with van der Waals surface area (Å²) in [6, 6.07) is 8.42. The van der Waals surface area contributed by atoms with E-state index in [0.29, 0.717) is 0 Å². The molecule has 16 heavy (non-hydrogen) atoms. The number of halogens is 1. The van der Waals surface area contributed by atoms with Gasteiger partial charge in [0.1, 0.15) is 0 Å². The molecule has 0 amide bonds. The lowest BCUT2D eigenvalue weighted by Gasteiger charge is -2.34. The van der Waals surface area contributed by atoms with Crippen molar-refractivity contribution in [3.05, 3.63) is 34.3 Å². The van der Waals surface area contributed by atoms with Gasteiger partial charge in [-0.25, -0.2) is 0 Å². The maximum Gasteiger partial charge on any atom is 0.0645 e. The van der Waals surface area contributed by atoms with Crippen molar-refractivity contribution in [3.8, 4) is 0 Å². The number of benzene rings is 1. The molecule has 88 valence electrons. The molecule has 1 atom stereocenters. The number of hydrogen-bond acceptors (Lipinski definition) is 2. The summed E-state index contributed by atoms with van der Waals surface area (Å²) < 4.78 is 6.66. The van der Waals surface area contributed by atoms with Crippen LogP contribution in [0.2, 0.25) is 0 Å². The lowest BCUT2D eigenvalue weighted by Crippen LogP contribution is -2.48. The Labute approximate surface area is 106 Å². The van der Waals surface area contributed by atoms with Crippen molar-refractivity contribution < 1.29 is 4.74 Å². The minimum Gasteiger partial charge on any atom is -0.380 e. The molecule has 1 N–H and O–H groups in total. The Morgan fingerprint density at radius 1 is 1.50 bits per heavy atom. The van der Waals surface area contributed by atoms with E-state index >= 15 is 0 Å². The molecular formula is C13H18BrNO. The van der Waals surface area contributed by atoms with Gasteiger partial charge in [-0.1, -0.05) is 28.1 Å². The first kappa shape index (κ1) is 12.1. The number of hydrogen-bond donors (Lipinski definition) is 1. The summed E-state index contributed by atoms with van der Waals surface area (Å²) in [5, 5.41) is 3.60. The van der Waals surface area contributed by atoms with Crippen LogP contribution in [0.3, 0.4) is 0 Å². The highest BCUT2D eigenvalue weighted by Gasteiger charge is 2.26. The van der Waals surface area contributed by atoms with Gasteiger partial charge in [0.15, 0.2) is 0 Å². The molecule has 1 aromatic carbocycles. The van der Waals surface area contributed by atoms with Crippen molar-refractivity contribution in [2.45, 2.75) is 31.8 Å². The Hall–Kier alpha value is -0.380. The van der Waals surface area contributed by atoms with Crippen molar-refractivity contribution in [3.63, 3.8) is 0 Å². The van der Waals surface area contributed by atoms with Gasteiger partial charge in [0.05, 0.1) is 6.61 Å². The Morgan fingerprint density at radius 3 is 3.06 bits per heavy atom. The van der Waals surface area contributed by atoms with Crippen molar-refractivity contribution >= 4 is 15.9 Å². The normalized spacial score (nSPS) is 25.6. The number of nitrogens with one attached hydrogen (secondary N) is 1. The molecule has 0 aliphatic carbocycles. The molecule has 0 radical (unpaired) electrons. The number of rotatable bonds is 3. The smallest absolute Gasteiger partial charge is 0.0645 e. The lowest BCUT2D eigenvalue weighted by molar-refractivity contribution is 0.0278. The number of ether oxygens (including phenoxy) is 1. The second kappa shape index (κ2) is 5.30. The molecule has 2 rings (SSSR count). The second-order valence-electron chi connectivity index (χ2n) is 4.70. The Bertz CT molecular complexity index is 348. The predicted molar refractivity (Wildman–Crippen MR) is 69.4 cm³/mol. The van der Waals surface area contributed by atoms with E-state index in [4.69, 9.17) is 4.74 Å². The fraction of sp³-hybridized carbons (Fsp3) is 0.538. The van der Waals surface area contributed by atoms with Crippen LogP contribution >= 0.6 is 15.9 Å². The Balaban J connectivity index is 1.91. The third-order valence-electron chi connectivity index (χ3n) is 3.05. The predicted octanol–water partition coefficient (Wildman–Crippen LogP) is 3.11. The van der Waals surface area contributed by atoms with Crippen LogP contribution in [0, 0.1) is 0 Å². The molecule has 1 fully saturated rings. The summed E-state index contributed by atoms with van der Waals surface area (Å²) in [7, 11) is 0. The average molecular weight is 284 g/mol. The van der Waals surface area contributed by atoms with E-state index in [1.807, 2.05) is 0 Å². The standard InChI is InChI=1S/C13H18BrNO/c1-13(6-3-7-16-10-13)15-9-11-4-2-5-12(14)8-11/h2,4-5,8,15H,3,6-7,9-10H2,1H3. The van der Waals surface area contributed by atoms with Crippen LogP contribution in [0.5, 0.6) is 0 Å². The van der Waals surface area contributed by atoms with E-state index in [0.717, 1.165) is 30.7 Å². The van der Waals surface area contributed by atoms with Crippen LogP contribution in [-0.4, -0.2) is 18.8 Å². The quantitative estimate of drug-likeness (QED) is 0.921. The highest BCUT2D eigenvalue weighted by molar-refractivity contribution is 9.10. The summed E-state index contributed by atoms with van der Waals surface area (Å²) in [6.45, 7) is 4.87. The first-order valence-corrected chi connectivity index (χ1v) is 6.54. The van der Waals surface area contributed by atoms with Crippen LogP contribution in [0.1, 0.15) is 25.3 Å². The zero-order valence-electron chi connectivity index (χ0n) is 9.63. The van der Waals surface area contributed by atoms with Gasteiger partial charge >= 0.3 is 0 Å². The molecule has 1 saturated heterocycles. The van der Waals surface area contributed by atoms with E-state index in [2.05, 4.69) is 52.4 Å². The molecule has 2 nitrogen and oxygen atoms in total. The first-order chi connectivity index (χ1) is 7.68. The maximum atomic E-state index is 5.53. The Kier molecular flexibility index (Phi) is 4.00. The lowest BCUT2D eigenvalue weighted by atomic mass is 9.94. The molecule has 1 aliphatic rings. The molecule has 1 unspecified atom stereocenters. The van der Waals surface area contributed by atoms with E-state index in [9.17, 15) is 0 Å². The summed E-state index contributed by atoms with van der Waals surface area (Å²) in [5.41, 5.74) is 1.45. The highest BCUT2D eigenvalue weighted by Crippen LogP contribution is 2.19. The molecular weight excluding hydrogens is 266 g/mol. The largest absolute Gasteiger partial charge is 0.380 e. The minimum atomic E-state index is 0.139. The van der Waals surface area contributed by atoms with Gasteiger partial charge in [0.2, 0.25) is 0 Å². The van der Waals surface area contributed by atoms with Gasteiger partial charge in [0, 0.05) is 23.2 Å². The SMILES string of the molecule is CC1(NCc2cccc(Br)c2)CCCOC1. The molecule has 3 heteroatoms. The maximum absolute atomic E-state index is 5.53. The fourth-order valence-electron chi connectivity index (χ4n) is 2.04. The Morgan fingerprint density at radius 2 is 2.38 bits per heavy atom. The van der Waals surface area contributed by atoms with Gasteiger partial charge in [-0.05, 0) is 37.5 Å². The summed E-state index contributed by atoms with van der Waals surface area (Å²) in [6.07, 6.45) is 2.35. The molecule has 0 bridgehead atoms. The van der Waals surface area contributed by atoms with Crippen LogP contribution in [0.4, 0.5) is 0 Å². The van der Waals surface area contributed by atoms with Crippen molar-refractivity contribution in [2.24, 2.45) is 0 Å². The van der Waals surface area contributed by atoms with Crippen LogP contribution in [-0.2, 0) is 11.3 Å². The molecule has 0 aromatic heterocycles. The van der Waals surface area contributed by atoms with E-state index in [-0.39, 0.29) is 5.54 Å². The average Bonchev–Trinajstić information content (AvgIpc) is 2.28. The summed E-state index contributed by atoms with van der Waals surface area (Å²) in [5.74, 6) is 0. The topological polar surface area (TPSA) is 21.3 Å². The second-order valence-corrected chi connectivity index (χ2v) is 5.62. The van der Waals surface area contributed by atoms with Crippen LogP contribution < -0.4 is 5.32 Å². The third kappa shape index (κ3) is 3.30. The zero-order valence-corrected chi connectivity index (χ0v) is 11.2. The first-order valence-electron chi connectivity index (χ1n) is 5.75. The van der Waals surface area contributed by atoms with E-state index < -0.39 is 0 Å². The van der Waals surface area contributed by atoms with E-state index in [1.165, 1.54) is 12.0 Å². The zero-order chi connectivity index (χ0) is 11.4. The van der Waals surface area contributed by atoms with Gasteiger partial charge in [-0.2, -0.15) is 0 Å². The molecule has 1 heterocycles. The molecule has 0 saturated carbocycles. The van der Waals surface area contributed by atoms with Crippen molar-refractivity contribution in [2.75, 3.05) is 13.2 Å². The summed E-state index contributed by atoms with van der Waals surface area (Å²) in [4.78, 5) is 0. The fourth-order valence-corrected chi connectivity index (χ4v) is 2.48. The minimum absolute atomic E-state index is 0.139. The van der Waals surface area contributed by atoms with Gasteiger partial charge in [-0.15, -0.1) is 0 Å². The van der Waals surface area contributed by atoms with E-state index in [1.54, 1.807) is 0 Å². The van der Waals surface area contributed by atoms with Crippen LogP contribution in [0.25, 0.3) is 0 Å². The summed E-state index contributed by atoms with van der Waals surface area (Å²) >= 11 is 3.49. The van der Waals surface area contributed by atoms with Gasteiger partial charge in [-0.3, -0.25) is 0 Å². The van der Waals surface area contributed by atoms with Crippen LogP contribution in [0.15, 0.2) is 28.7 Å². The third-order valence-corrected chi connectivity index (χ3v) is 3.54. The van der Waals surface area contributed by atoms with Gasteiger partial charge in [0.25, 0.3) is 0 Å². The highest BCUT2D eigenvalue weighted by atomic mass is 79.9. The van der Waals surface area contributed by atoms with Gasteiger partial charge < -0.3 is 10.1 Å². The molecule has 1 aliphatic heterocycles. The van der Waals surface area contributed by atoms with Crippen molar-refractivity contribution in [1.82, 2.24) is 5.32 Å².